The van der Waals surface area contributed by atoms with E-state index in [4.69, 9.17) is 0 Å². The lowest BCUT2D eigenvalue weighted by molar-refractivity contribution is -0.682. The molecule has 0 aliphatic carbocycles. The van der Waals surface area contributed by atoms with Crippen LogP contribution in [0.15, 0.2) is 48.5 Å². The maximum absolute atomic E-state index is 13.4. The summed E-state index contributed by atoms with van der Waals surface area (Å²) in [5.41, 5.74) is 2.22. The summed E-state index contributed by atoms with van der Waals surface area (Å²) in [6.45, 7) is 3.38. The highest BCUT2D eigenvalue weighted by Gasteiger charge is 2.52. The molecule has 3 rings (SSSR count). The standard InChI is InChI=1S/C21H22F2N4O3/c1-3-21(15-7-5-4-6-8-15)19(29)27(20(30)25-21)26-18(28)12-24-13(2)14-9-10-16(22)17(23)11-14/h4-11,13,24H,3,12H2,1-2H3,(H,25,30)(H,26,28)/p+1/t13-,21-/m0/s1. The number of urea groups is 1. The van der Waals surface area contributed by atoms with Gasteiger partial charge in [0.1, 0.15) is 11.6 Å². The van der Waals surface area contributed by atoms with E-state index in [0.29, 0.717) is 22.6 Å². The van der Waals surface area contributed by atoms with Crippen LogP contribution >= 0.6 is 0 Å². The van der Waals surface area contributed by atoms with Crippen molar-refractivity contribution in [3.8, 4) is 0 Å². The quantitative estimate of drug-likeness (QED) is 0.596. The zero-order valence-electron chi connectivity index (χ0n) is 16.6. The summed E-state index contributed by atoms with van der Waals surface area (Å²) < 4.78 is 26.5. The third kappa shape index (κ3) is 4.02. The number of benzene rings is 2. The van der Waals surface area contributed by atoms with Crippen molar-refractivity contribution in [3.63, 3.8) is 0 Å². The van der Waals surface area contributed by atoms with Gasteiger partial charge in [0.2, 0.25) is 0 Å². The van der Waals surface area contributed by atoms with E-state index in [1.807, 2.05) is 0 Å². The van der Waals surface area contributed by atoms with Crippen molar-refractivity contribution >= 4 is 17.8 Å². The molecule has 1 heterocycles. The topological polar surface area (TPSA) is 95.1 Å². The number of nitrogens with two attached hydrogens (primary N) is 1. The molecule has 9 heteroatoms. The van der Waals surface area contributed by atoms with Crippen LogP contribution in [0.5, 0.6) is 0 Å². The number of nitrogens with one attached hydrogen (secondary N) is 2. The molecule has 0 aromatic heterocycles. The number of quaternary nitrogens is 1. The number of carbonyl (C=O) groups excluding carboxylic acids is 3. The van der Waals surface area contributed by atoms with Crippen molar-refractivity contribution < 1.29 is 28.5 Å². The fourth-order valence-corrected chi connectivity index (χ4v) is 3.42. The highest BCUT2D eigenvalue weighted by atomic mass is 19.2. The van der Waals surface area contributed by atoms with Gasteiger partial charge in [-0.25, -0.2) is 13.6 Å². The van der Waals surface area contributed by atoms with Crippen LogP contribution in [-0.4, -0.2) is 29.4 Å². The average Bonchev–Trinajstić information content (AvgIpc) is 2.99. The van der Waals surface area contributed by atoms with Crippen molar-refractivity contribution in [1.29, 1.82) is 0 Å². The first-order chi connectivity index (χ1) is 14.3. The fourth-order valence-electron chi connectivity index (χ4n) is 3.42. The van der Waals surface area contributed by atoms with Crippen LogP contribution in [0.25, 0.3) is 0 Å². The predicted octanol–water partition coefficient (Wildman–Crippen LogP) is 1.48. The first-order valence-electron chi connectivity index (χ1n) is 9.58. The lowest BCUT2D eigenvalue weighted by atomic mass is 9.87. The number of hydrogen-bond acceptors (Lipinski definition) is 3. The van der Waals surface area contributed by atoms with E-state index in [1.165, 1.54) is 6.07 Å². The molecule has 158 valence electrons. The Kier molecular flexibility index (Phi) is 6.12. The van der Waals surface area contributed by atoms with Crippen molar-refractivity contribution in [2.75, 3.05) is 6.54 Å². The Balaban J connectivity index is 1.64. The van der Waals surface area contributed by atoms with E-state index < -0.39 is 35.0 Å². The maximum atomic E-state index is 13.4. The summed E-state index contributed by atoms with van der Waals surface area (Å²) >= 11 is 0. The van der Waals surface area contributed by atoms with Crippen molar-refractivity contribution in [2.24, 2.45) is 0 Å². The molecule has 1 aliphatic heterocycles. The molecule has 0 saturated carbocycles. The Morgan fingerprint density at radius 3 is 2.50 bits per heavy atom. The second kappa shape index (κ2) is 8.58. The number of nitrogens with zero attached hydrogens (tertiary/aromatic N) is 1. The first kappa shape index (κ1) is 21.4. The lowest BCUT2D eigenvalue weighted by Crippen LogP contribution is -2.87. The summed E-state index contributed by atoms with van der Waals surface area (Å²) in [6, 6.07) is 11.3. The van der Waals surface area contributed by atoms with E-state index in [-0.39, 0.29) is 12.6 Å². The highest BCUT2D eigenvalue weighted by Crippen LogP contribution is 2.31. The Labute approximate surface area is 172 Å². The molecule has 0 radical (unpaired) electrons. The van der Waals surface area contributed by atoms with Crippen LogP contribution in [0.3, 0.4) is 0 Å². The van der Waals surface area contributed by atoms with E-state index in [0.717, 1.165) is 12.1 Å². The third-order valence-corrected chi connectivity index (χ3v) is 5.25. The first-order valence-corrected chi connectivity index (χ1v) is 9.58. The van der Waals surface area contributed by atoms with Gasteiger partial charge in [-0.15, -0.1) is 0 Å². The molecule has 2 aromatic rings. The smallest absolute Gasteiger partial charge is 0.332 e. The Morgan fingerprint density at radius 2 is 1.87 bits per heavy atom. The van der Waals surface area contributed by atoms with Gasteiger partial charge in [-0.05, 0) is 37.1 Å². The second-order valence-electron chi connectivity index (χ2n) is 7.13. The monoisotopic (exact) mass is 417 g/mol. The van der Waals surface area contributed by atoms with Gasteiger partial charge >= 0.3 is 6.03 Å². The van der Waals surface area contributed by atoms with Gasteiger partial charge in [0.05, 0.1) is 0 Å². The van der Waals surface area contributed by atoms with E-state index >= 15 is 0 Å². The molecule has 7 nitrogen and oxygen atoms in total. The molecule has 1 aliphatic rings. The summed E-state index contributed by atoms with van der Waals surface area (Å²) in [6.07, 6.45) is 0.313. The molecular formula is C21H23F2N4O3+. The van der Waals surface area contributed by atoms with Crippen LogP contribution in [0.4, 0.5) is 13.6 Å². The lowest BCUT2D eigenvalue weighted by Gasteiger charge is -2.25. The van der Waals surface area contributed by atoms with Gasteiger partial charge in [-0.1, -0.05) is 37.3 Å². The number of hydrazine groups is 1. The highest BCUT2D eigenvalue weighted by molar-refractivity contribution is 6.08. The van der Waals surface area contributed by atoms with Gasteiger partial charge in [-0.2, -0.15) is 5.01 Å². The van der Waals surface area contributed by atoms with Gasteiger partial charge in [0.25, 0.3) is 11.8 Å². The molecule has 0 bridgehead atoms. The van der Waals surface area contributed by atoms with Crippen LogP contribution in [0.2, 0.25) is 0 Å². The average molecular weight is 417 g/mol. The number of halogens is 2. The summed E-state index contributed by atoms with van der Waals surface area (Å²) in [7, 11) is 0. The zero-order valence-corrected chi connectivity index (χ0v) is 16.6. The van der Waals surface area contributed by atoms with Crippen LogP contribution in [-0.2, 0) is 15.1 Å². The molecular weight excluding hydrogens is 394 g/mol. The molecule has 4 amide bonds. The number of carbonyl (C=O) groups is 3. The Bertz CT molecular complexity index is 970. The molecule has 4 N–H and O–H groups in total. The molecule has 0 spiro atoms. The molecule has 1 fully saturated rings. The largest absolute Gasteiger partial charge is 0.344 e. The third-order valence-electron chi connectivity index (χ3n) is 5.25. The Hall–Kier alpha value is -3.33. The van der Waals surface area contributed by atoms with E-state index in [2.05, 4.69) is 10.7 Å². The maximum Gasteiger partial charge on any atom is 0.344 e. The Morgan fingerprint density at radius 1 is 1.17 bits per heavy atom. The number of hydrogen-bond donors (Lipinski definition) is 3. The van der Waals surface area contributed by atoms with Crippen molar-refractivity contribution in [3.05, 3.63) is 71.3 Å². The van der Waals surface area contributed by atoms with Gasteiger partial charge in [0, 0.05) is 5.56 Å². The van der Waals surface area contributed by atoms with Crippen LogP contribution in [0.1, 0.15) is 37.4 Å². The predicted molar refractivity (Wildman–Crippen MR) is 103 cm³/mol. The number of imide groups is 1. The normalized spacial score (nSPS) is 19.5. The fraction of sp³-hybridized carbons (Fsp3) is 0.286. The van der Waals surface area contributed by atoms with Gasteiger partial charge in [-0.3, -0.25) is 15.0 Å². The van der Waals surface area contributed by atoms with E-state index in [1.54, 1.807) is 49.5 Å². The van der Waals surface area contributed by atoms with Crippen LogP contribution < -0.4 is 16.1 Å². The number of rotatable bonds is 7. The van der Waals surface area contributed by atoms with E-state index in [9.17, 15) is 23.2 Å². The molecule has 30 heavy (non-hydrogen) atoms. The van der Waals surface area contributed by atoms with Gasteiger partial charge in [0.15, 0.2) is 18.2 Å². The zero-order chi connectivity index (χ0) is 21.9. The SMILES string of the molecule is CC[C@@]1(c2ccccc2)NC(=O)N(NC(=O)C[NH2+][C@@H](C)c2ccc(F)c(F)c2)C1=O. The molecule has 0 unspecified atom stereocenters. The van der Waals surface area contributed by atoms with Gasteiger partial charge < -0.3 is 10.6 Å². The molecule has 2 aromatic carbocycles. The van der Waals surface area contributed by atoms with Crippen molar-refractivity contribution in [1.82, 2.24) is 15.8 Å². The number of amides is 4. The molecule has 1 saturated heterocycles. The minimum Gasteiger partial charge on any atom is -0.332 e. The summed E-state index contributed by atoms with van der Waals surface area (Å²) in [5, 5.41) is 4.95. The van der Waals surface area contributed by atoms with Crippen LogP contribution in [0, 0.1) is 11.6 Å². The minimum absolute atomic E-state index is 0.123. The summed E-state index contributed by atoms with van der Waals surface area (Å²) in [5.74, 6) is -3.05. The summed E-state index contributed by atoms with van der Waals surface area (Å²) in [4.78, 5) is 37.7. The molecule has 2 atom stereocenters. The second-order valence-corrected chi connectivity index (χ2v) is 7.13. The minimum atomic E-state index is -1.24. The van der Waals surface area contributed by atoms with Crippen molar-refractivity contribution in [2.45, 2.75) is 31.8 Å².